The predicted octanol–water partition coefficient (Wildman–Crippen LogP) is 1.45. The van der Waals surface area contributed by atoms with Crippen molar-refractivity contribution in [1.29, 1.82) is 0 Å². The highest BCUT2D eigenvalue weighted by Crippen LogP contribution is 2.06. The zero-order chi connectivity index (χ0) is 7.28. The van der Waals surface area contributed by atoms with E-state index in [1.54, 1.807) is 0 Å². The second-order valence-corrected chi connectivity index (χ2v) is 1.66. The molecule has 0 atom stereocenters. The Bertz CT molecular complexity index is 90.9. The number of hydrogen-bond acceptors (Lipinski definition) is 2. The lowest BCUT2D eigenvalue weighted by Gasteiger charge is -2.05. The number of ether oxygens (including phenoxy) is 1. The first kappa shape index (κ1) is 8.34. The van der Waals surface area contributed by atoms with Gasteiger partial charge in [-0.15, -0.1) is 0 Å². The van der Waals surface area contributed by atoms with Gasteiger partial charge in [-0.05, 0) is 6.58 Å². The Hall–Kier alpha value is -0.660. The summed E-state index contributed by atoms with van der Waals surface area (Å²) in [5.41, 5.74) is 0. The molecule has 9 heavy (non-hydrogen) atoms. The van der Waals surface area contributed by atoms with Gasteiger partial charge in [0.25, 0.3) is 0 Å². The van der Waals surface area contributed by atoms with Crippen molar-refractivity contribution in [3.05, 3.63) is 12.5 Å². The summed E-state index contributed by atoms with van der Waals surface area (Å²) in [4.78, 5) is 1.99. The average molecular weight is 129 g/mol. The first-order chi connectivity index (χ1) is 4.30. The number of nitrogens with zero attached hydrogens (tertiary/aromatic N) is 1. The van der Waals surface area contributed by atoms with Crippen molar-refractivity contribution >= 4 is 0 Å². The Morgan fingerprint density at radius 2 is 2.11 bits per heavy atom. The summed E-state index contributed by atoms with van der Waals surface area (Å²) < 4.78 is 5.00. The fraction of sp³-hybridized carbons (Fsp3) is 0.714. The third kappa shape index (κ3) is 2.40. The van der Waals surface area contributed by atoms with E-state index in [1.807, 2.05) is 25.8 Å². The normalized spacial score (nSPS) is 16.3. The first-order valence-corrected chi connectivity index (χ1v) is 3.33. The summed E-state index contributed by atoms with van der Waals surface area (Å²) in [5.74, 6) is 0.792. The van der Waals surface area contributed by atoms with Crippen LogP contribution in [0.1, 0.15) is 13.8 Å². The van der Waals surface area contributed by atoms with Gasteiger partial charge in [-0.2, -0.15) is 0 Å². The molecule has 0 unspecified atom stereocenters. The first-order valence-electron chi connectivity index (χ1n) is 3.33. The molecule has 0 aliphatic carbocycles. The van der Waals surface area contributed by atoms with Crippen LogP contribution >= 0.6 is 0 Å². The molecule has 0 amide bonds. The van der Waals surface area contributed by atoms with Crippen molar-refractivity contribution in [1.82, 2.24) is 4.90 Å². The molecule has 0 aromatic carbocycles. The van der Waals surface area contributed by atoms with Crippen LogP contribution in [0.5, 0.6) is 0 Å². The summed E-state index contributed by atoms with van der Waals surface area (Å²) >= 11 is 0. The Labute approximate surface area is 57.1 Å². The van der Waals surface area contributed by atoms with Gasteiger partial charge in [0, 0.05) is 7.05 Å². The van der Waals surface area contributed by atoms with Gasteiger partial charge in [0.05, 0.1) is 6.54 Å². The lowest BCUT2D eigenvalue weighted by molar-refractivity contribution is 0.246. The summed E-state index contributed by atoms with van der Waals surface area (Å²) in [6.45, 7) is 9.42. The molecule has 0 bridgehead atoms. The van der Waals surface area contributed by atoms with E-state index < -0.39 is 0 Å². The summed E-state index contributed by atoms with van der Waals surface area (Å²) in [7, 11) is 1.97. The Balaban J connectivity index is 0.000000291. The van der Waals surface area contributed by atoms with Crippen LogP contribution in [0.3, 0.4) is 0 Å². The van der Waals surface area contributed by atoms with Crippen molar-refractivity contribution in [2.75, 3.05) is 20.2 Å². The molecule has 1 aliphatic heterocycles. The van der Waals surface area contributed by atoms with E-state index in [-0.39, 0.29) is 0 Å². The standard InChI is InChI=1S/C5H9NO.C2H6/c1-5-6(2)3-4-7-5;1-2/h1,3-4H2,2H3;1-2H3. The largest absolute Gasteiger partial charge is 0.478 e. The van der Waals surface area contributed by atoms with Crippen molar-refractivity contribution in [2.45, 2.75) is 13.8 Å². The van der Waals surface area contributed by atoms with E-state index in [2.05, 4.69) is 6.58 Å². The van der Waals surface area contributed by atoms with Gasteiger partial charge in [0.15, 0.2) is 5.88 Å². The highest BCUT2D eigenvalue weighted by Gasteiger charge is 2.08. The van der Waals surface area contributed by atoms with E-state index in [0.717, 1.165) is 19.0 Å². The van der Waals surface area contributed by atoms with Crippen LogP contribution in [0.15, 0.2) is 12.5 Å². The molecule has 0 aromatic heterocycles. The molecule has 2 heteroatoms. The van der Waals surface area contributed by atoms with Crippen molar-refractivity contribution < 1.29 is 4.74 Å². The average Bonchev–Trinajstić information content (AvgIpc) is 2.23. The molecule has 1 saturated heterocycles. The predicted molar refractivity (Wildman–Crippen MR) is 39.1 cm³/mol. The van der Waals surface area contributed by atoms with Crippen LogP contribution in [0.4, 0.5) is 0 Å². The molecule has 0 radical (unpaired) electrons. The van der Waals surface area contributed by atoms with E-state index >= 15 is 0 Å². The molecule has 1 fully saturated rings. The highest BCUT2D eigenvalue weighted by molar-refractivity contribution is 4.85. The van der Waals surface area contributed by atoms with Crippen LogP contribution in [0.2, 0.25) is 0 Å². The van der Waals surface area contributed by atoms with Gasteiger partial charge >= 0.3 is 0 Å². The van der Waals surface area contributed by atoms with E-state index in [0.29, 0.717) is 0 Å². The van der Waals surface area contributed by atoms with Gasteiger partial charge in [0.2, 0.25) is 0 Å². The molecule has 1 aliphatic rings. The van der Waals surface area contributed by atoms with Crippen molar-refractivity contribution in [3.8, 4) is 0 Å². The summed E-state index contributed by atoms with van der Waals surface area (Å²) in [6.07, 6.45) is 0. The molecule has 0 spiro atoms. The lowest BCUT2D eigenvalue weighted by atomic mass is 10.7. The fourth-order valence-corrected chi connectivity index (χ4v) is 0.535. The monoisotopic (exact) mass is 129 g/mol. The van der Waals surface area contributed by atoms with E-state index in [4.69, 9.17) is 4.74 Å². The van der Waals surface area contributed by atoms with Gasteiger partial charge in [-0.25, -0.2) is 0 Å². The smallest absolute Gasteiger partial charge is 0.181 e. The molecule has 0 aromatic rings. The number of likely N-dealkylation sites (N-methyl/N-ethyl adjacent to an activating group) is 1. The molecule has 1 rings (SSSR count). The molecule has 0 N–H and O–H groups in total. The van der Waals surface area contributed by atoms with Crippen LogP contribution < -0.4 is 0 Å². The Morgan fingerprint density at radius 1 is 1.56 bits per heavy atom. The quantitative estimate of drug-likeness (QED) is 0.491. The fourth-order valence-electron chi connectivity index (χ4n) is 0.535. The lowest BCUT2D eigenvalue weighted by Crippen LogP contribution is -2.09. The maximum atomic E-state index is 5.00. The van der Waals surface area contributed by atoms with Gasteiger partial charge in [-0.1, -0.05) is 13.8 Å². The zero-order valence-corrected chi connectivity index (χ0v) is 6.48. The minimum Gasteiger partial charge on any atom is -0.478 e. The summed E-state index contributed by atoms with van der Waals surface area (Å²) in [6, 6.07) is 0. The number of rotatable bonds is 0. The van der Waals surface area contributed by atoms with Gasteiger partial charge < -0.3 is 9.64 Å². The molecule has 1 heterocycles. The van der Waals surface area contributed by atoms with Crippen LogP contribution in [0.25, 0.3) is 0 Å². The Kier molecular flexibility index (Phi) is 3.93. The molecular formula is C7H15NO. The zero-order valence-electron chi connectivity index (χ0n) is 6.48. The maximum absolute atomic E-state index is 5.00. The highest BCUT2D eigenvalue weighted by atomic mass is 16.5. The molecule has 2 nitrogen and oxygen atoms in total. The SMILES string of the molecule is C=C1OCCN1C.CC. The van der Waals surface area contributed by atoms with Gasteiger partial charge in [0.1, 0.15) is 6.61 Å². The van der Waals surface area contributed by atoms with E-state index in [1.165, 1.54) is 0 Å². The third-order valence-corrected chi connectivity index (χ3v) is 1.12. The molecular weight excluding hydrogens is 114 g/mol. The van der Waals surface area contributed by atoms with Crippen LogP contribution in [-0.2, 0) is 4.74 Å². The number of hydrogen-bond donors (Lipinski definition) is 0. The minimum absolute atomic E-state index is 0.792. The molecule has 54 valence electrons. The minimum atomic E-state index is 0.792. The van der Waals surface area contributed by atoms with E-state index in [9.17, 15) is 0 Å². The topological polar surface area (TPSA) is 12.5 Å². The van der Waals surface area contributed by atoms with Crippen molar-refractivity contribution in [2.24, 2.45) is 0 Å². The summed E-state index contributed by atoms with van der Waals surface area (Å²) in [5, 5.41) is 0. The second kappa shape index (κ2) is 4.24. The third-order valence-electron chi connectivity index (χ3n) is 1.12. The molecule has 0 saturated carbocycles. The maximum Gasteiger partial charge on any atom is 0.181 e. The Morgan fingerprint density at radius 3 is 2.22 bits per heavy atom. The van der Waals surface area contributed by atoms with Crippen LogP contribution in [0, 0.1) is 0 Å². The second-order valence-electron chi connectivity index (χ2n) is 1.66. The van der Waals surface area contributed by atoms with Gasteiger partial charge in [-0.3, -0.25) is 0 Å². The van der Waals surface area contributed by atoms with Crippen molar-refractivity contribution in [3.63, 3.8) is 0 Å². The van der Waals surface area contributed by atoms with Crippen LogP contribution in [-0.4, -0.2) is 25.1 Å².